The molecule has 0 aliphatic heterocycles. The minimum absolute atomic E-state index is 0.240. The highest BCUT2D eigenvalue weighted by Gasteiger charge is 2.32. The number of hydrogen-bond acceptors (Lipinski definition) is 6. The lowest BCUT2D eigenvalue weighted by Gasteiger charge is -2.27. The van der Waals surface area contributed by atoms with E-state index in [0.29, 0.717) is 12.8 Å². The molecule has 1 aliphatic carbocycles. The highest BCUT2D eigenvalue weighted by molar-refractivity contribution is 7.48. The largest absolute Gasteiger partial charge is 0.475 e. The molecule has 0 bridgehead atoms. The standard InChI is InChI=1S/C15H27O6P/c1-6-18-22(17,19-7-2)21-13-10-8-12(9-11-13)20-14(16)15(3,4)5/h8,10,12-13H,6-7,9,11H2,1-5H3/t12-,13+/m0/s1. The van der Waals surface area contributed by atoms with Gasteiger partial charge in [0.2, 0.25) is 0 Å². The second kappa shape index (κ2) is 8.25. The number of carbonyl (C=O) groups excluding carboxylic acids is 1. The van der Waals surface area contributed by atoms with E-state index >= 15 is 0 Å². The Morgan fingerprint density at radius 2 is 1.59 bits per heavy atom. The Hall–Kier alpha value is -0.680. The molecule has 2 atom stereocenters. The van der Waals surface area contributed by atoms with Crippen molar-refractivity contribution in [1.82, 2.24) is 0 Å². The number of hydrogen-bond donors (Lipinski definition) is 0. The molecule has 128 valence electrons. The van der Waals surface area contributed by atoms with Gasteiger partial charge in [0.25, 0.3) is 0 Å². The molecule has 0 radical (unpaired) electrons. The average Bonchev–Trinajstić information content (AvgIpc) is 2.40. The van der Waals surface area contributed by atoms with Crippen molar-refractivity contribution in [2.75, 3.05) is 13.2 Å². The second-order valence-corrected chi connectivity index (χ2v) is 7.70. The van der Waals surface area contributed by atoms with Crippen molar-refractivity contribution >= 4 is 13.8 Å². The van der Waals surface area contributed by atoms with E-state index in [9.17, 15) is 9.36 Å². The average molecular weight is 334 g/mol. The molecular weight excluding hydrogens is 307 g/mol. The highest BCUT2D eigenvalue weighted by atomic mass is 31.2. The van der Waals surface area contributed by atoms with Gasteiger partial charge < -0.3 is 4.74 Å². The molecule has 0 unspecified atom stereocenters. The maximum Gasteiger partial charge on any atom is 0.475 e. The van der Waals surface area contributed by atoms with Crippen LogP contribution in [0.3, 0.4) is 0 Å². The molecule has 0 fully saturated rings. The van der Waals surface area contributed by atoms with Crippen molar-refractivity contribution in [3.63, 3.8) is 0 Å². The maximum atomic E-state index is 12.3. The summed E-state index contributed by atoms with van der Waals surface area (Å²) in [6.07, 6.45) is 4.07. The van der Waals surface area contributed by atoms with Gasteiger partial charge in [-0.1, -0.05) is 6.08 Å². The number of phosphoric ester groups is 1. The molecular formula is C15H27O6P. The monoisotopic (exact) mass is 334 g/mol. The van der Waals surface area contributed by atoms with Crippen molar-refractivity contribution in [3.05, 3.63) is 12.2 Å². The van der Waals surface area contributed by atoms with E-state index in [1.54, 1.807) is 26.0 Å². The molecule has 1 rings (SSSR count). The smallest absolute Gasteiger partial charge is 0.458 e. The van der Waals surface area contributed by atoms with Crippen LogP contribution in [0.1, 0.15) is 47.5 Å². The predicted octanol–water partition coefficient (Wildman–Crippen LogP) is 3.86. The minimum Gasteiger partial charge on any atom is -0.458 e. The molecule has 22 heavy (non-hydrogen) atoms. The molecule has 1 aliphatic rings. The van der Waals surface area contributed by atoms with E-state index in [-0.39, 0.29) is 31.4 Å². The van der Waals surface area contributed by atoms with Crippen LogP contribution in [0.4, 0.5) is 0 Å². The van der Waals surface area contributed by atoms with Gasteiger partial charge in [-0.25, -0.2) is 4.57 Å². The first-order valence-electron chi connectivity index (χ1n) is 7.67. The molecule has 0 aromatic heterocycles. The van der Waals surface area contributed by atoms with Crippen LogP contribution in [0.2, 0.25) is 0 Å². The Balaban J connectivity index is 2.57. The minimum atomic E-state index is -3.52. The number of rotatable bonds is 7. The zero-order chi connectivity index (χ0) is 16.8. The van der Waals surface area contributed by atoms with Crippen LogP contribution in [0.25, 0.3) is 0 Å². The van der Waals surface area contributed by atoms with Crippen LogP contribution < -0.4 is 0 Å². The molecule has 0 aromatic rings. The van der Waals surface area contributed by atoms with Gasteiger partial charge in [-0.05, 0) is 53.5 Å². The lowest BCUT2D eigenvalue weighted by atomic mass is 9.96. The maximum absolute atomic E-state index is 12.3. The second-order valence-electron chi connectivity index (χ2n) is 6.08. The normalized spacial score (nSPS) is 22.6. The molecule has 0 saturated heterocycles. The summed E-state index contributed by atoms with van der Waals surface area (Å²) in [6.45, 7) is 9.40. The number of esters is 1. The summed E-state index contributed by atoms with van der Waals surface area (Å²) in [7, 11) is -3.52. The summed E-state index contributed by atoms with van der Waals surface area (Å²) >= 11 is 0. The lowest BCUT2D eigenvalue weighted by molar-refractivity contribution is -0.157. The molecule has 0 heterocycles. The Morgan fingerprint density at radius 3 is 2.00 bits per heavy atom. The highest BCUT2D eigenvalue weighted by Crippen LogP contribution is 2.51. The number of phosphoric acid groups is 1. The quantitative estimate of drug-likeness (QED) is 0.400. The number of ether oxygens (including phenoxy) is 1. The summed E-state index contributed by atoms with van der Waals surface area (Å²) in [6, 6.07) is 0. The van der Waals surface area contributed by atoms with E-state index in [2.05, 4.69) is 0 Å². The van der Waals surface area contributed by atoms with Crippen molar-refractivity contribution < 1.29 is 27.7 Å². The van der Waals surface area contributed by atoms with Gasteiger partial charge in [0.05, 0.1) is 24.7 Å². The van der Waals surface area contributed by atoms with E-state index in [1.807, 2.05) is 20.8 Å². The lowest BCUT2D eigenvalue weighted by Crippen LogP contribution is -2.30. The van der Waals surface area contributed by atoms with Crippen molar-refractivity contribution in [2.24, 2.45) is 5.41 Å². The molecule has 0 aromatic carbocycles. The SMILES string of the molecule is CCOP(=O)(OCC)O[C@@H]1C=C[C@H](OC(=O)C(C)(C)C)CC1. The fourth-order valence-corrected chi connectivity index (χ4v) is 3.19. The molecule has 0 saturated carbocycles. The Bertz CT molecular complexity index is 430. The van der Waals surface area contributed by atoms with Crippen molar-refractivity contribution in [2.45, 2.75) is 59.7 Å². The van der Waals surface area contributed by atoms with Gasteiger partial charge in [0.15, 0.2) is 0 Å². The van der Waals surface area contributed by atoms with E-state index in [1.165, 1.54) is 0 Å². The fraction of sp³-hybridized carbons (Fsp3) is 0.800. The van der Waals surface area contributed by atoms with Crippen molar-refractivity contribution in [1.29, 1.82) is 0 Å². The van der Waals surface area contributed by atoms with Crippen LogP contribution in [-0.4, -0.2) is 31.4 Å². The zero-order valence-electron chi connectivity index (χ0n) is 14.0. The summed E-state index contributed by atoms with van der Waals surface area (Å²) in [4.78, 5) is 11.8. The first-order valence-corrected chi connectivity index (χ1v) is 9.13. The van der Waals surface area contributed by atoms with Crippen LogP contribution in [0.5, 0.6) is 0 Å². The van der Waals surface area contributed by atoms with Gasteiger partial charge in [-0.2, -0.15) is 0 Å². The third-order valence-electron chi connectivity index (χ3n) is 2.99. The van der Waals surface area contributed by atoms with Gasteiger partial charge in [-0.3, -0.25) is 18.4 Å². The molecule has 0 amide bonds. The van der Waals surface area contributed by atoms with Crippen LogP contribution >= 0.6 is 7.82 Å². The van der Waals surface area contributed by atoms with Gasteiger partial charge in [0, 0.05) is 0 Å². The summed E-state index contributed by atoms with van der Waals surface area (Å²) in [5, 5.41) is 0. The van der Waals surface area contributed by atoms with E-state index < -0.39 is 13.2 Å². The summed E-state index contributed by atoms with van der Waals surface area (Å²) < 4.78 is 33.4. The van der Waals surface area contributed by atoms with Crippen LogP contribution in [0.15, 0.2) is 12.2 Å². The Morgan fingerprint density at radius 1 is 1.09 bits per heavy atom. The van der Waals surface area contributed by atoms with E-state index in [4.69, 9.17) is 18.3 Å². The fourth-order valence-electron chi connectivity index (χ4n) is 1.85. The third-order valence-corrected chi connectivity index (χ3v) is 4.66. The summed E-state index contributed by atoms with van der Waals surface area (Å²) in [5.41, 5.74) is -0.527. The van der Waals surface area contributed by atoms with Gasteiger partial charge in [0.1, 0.15) is 6.10 Å². The predicted molar refractivity (Wildman–Crippen MR) is 83.4 cm³/mol. The van der Waals surface area contributed by atoms with Gasteiger partial charge >= 0.3 is 13.8 Å². The first kappa shape index (κ1) is 19.4. The van der Waals surface area contributed by atoms with Gasteiger partial charge in [-0.15, -0.1) is 0 Å². The molecule has 0 N–H and O–H groups in total. The van der Waals surface area contributed by atoms with E-state index in [0.717, 1.165) is 0 Å². The molecule has 7 heteroatoms. The Kier molecular flexibility index (Phi) is 7.26. The van der Waals surface area contributed by atoms with Crippen LogP contribution in [0, 0.1) is 5.41 Å². The summed E-state index contributed by atoms with van der Waals surface area (Å²) in [5.74, 6) is -0.240. The third kappa shape index (κ3) is 6.21. The molecule has 0 spiro atoms. The number of carbonyl (C=O) groups is 1. The first-order chi connectivity index (χ1) is 10.2. The van der Waals surface area contributed by atoms with Crippen LogP contribution in [-0.2, 0) is 27.7 Å². The topological polar surface area (TPSA) is 71.1 Å². The van der Waals surface area contributed by atoms with Crippen molar-refractivity contribution in [3.8, 4) is 0 Å². The molecule has 6 nitrogen and oxygen atoms in total. The zero-order valence-corrected chi connectivity index (χ0v) is 14.9. The Labute approximate surface area is 132 Å².